The van der Waals surface area contributed by atoms with E-state index in [1.54, 1.807) is 7.11 Å². The second kappa shape index (κ2) is 7.22. The van der Waals surface area contributed by atoms with Gasteiger partial charge in [0, 0.05) is 35.9 Å². The highest BCUT2D eigenvalue weighted by Gasteiger charge is 2.25. The molecule has 152 valence electrons. The monoisotopic (exact) mass is 402 g/mol. The Hall–Kier alpha value is -3.81. The largest absolute Gasteiger partial charge is 0.480 e. The summed E-state index contributed by atoms with van der Waals surface area (Å²) in [4.78, 5) is 17.8. The number of aromatic amines is 1. The number of H-pyrrole nitrogens is 1. The van der Waals surface area contributed by atoms with E-state index < -0.39 is 0 Å². The van der Waals surface area contributed by atoms with Gasteiger partial charge in [0.1, 0.15) is 18.1 Å². The number of aromatic nitrogens is 4. The fourth-order valence-corrected chi connectivity index (χ4v) is 3.81. The molecule has 4 aromatic rings. The first kappa shape index (κ1) is 18.2. The molecular formula is C22H22N6O2. The Kier molecular flexibility index (Phi) is 4.39. The molecule has 1 aliphatic heterocycles. The second-order valence-electron chi connectivity index (χ2n) is 7.29. The molecule has 0 bridgehead atoms. The van der Waals surface area contributed by atoms with E-state index in [1.165, 1.54) is 10.9 Å². The van der Waals surface area contributed by atoms with Gasteiger partial charge in [-0.05, 0) is 25.1 Å². The Morgan fingerprint density at radius 1 is 1.17 bits per heavy atom. The van der Waals surface area contributed by atoms with Crippen molar-refractivity contribution in [2.75, 3.05) is 13.7 Å². The van der Waals surface area contributed by atoms with Crippen LogP contribution in [0.4, 0.5) is 0 Å². The predicted octanol–water partition coefficient (Wildman–Crippen LogP) is 3.30. The number of fused-ring (bicyclic) bond motifs is 1. The number of para-hydroxylation sites is 1. The van der Waals surface area contributed by atoms with Crippen LogP contribution in [0.1, 0.15) is 23.0 Å². The van der Waals surface area contributed by atoms with Gasteiger partial charge in [0.05, 0.1) is 24.4 Å². The summed E-state index contributed by atoms with van der Waals surface area (Å²) in [6.45, 7) is 2.37. The van der Waals surface area contributed by atoms with Crippen molar-refractivity contribution >= 4 is 16.7 Å². The summed E-state index contributed by atoms with van der Waals surface area (Å²) in [5, 5.41) is 8.87. The van der Waals surface area contributed by atoms with Gasteiger partial charge < -0.3 is 24.4 Å². The standard InChI is InChI=1S/C22H22N6O2/c1-13-10-23-20(24-13)15-8-9-17(26-22(15)29-3)21-25-18(12-30-27-21)16-11-28(2)19-7-5-4-6-14(16)19/h4-11,18H,12H2,1-3H3,(H,23,24)(H,25,27). The van der Waals surface area contributed by atoms with Gasteiger partial charge in [0.25, 0.3) is 0 Å². The van der Waals surface area contributed by atoms with E-state index in [1.807, 2.05) is 44.4 Å². The molecule has 3 aromatic heterocycles. The van der Waals surface area contributed by atoms with Gasteiger partial charge in [-0.25, -0.2) is 9.97 Å². The Morgan fingerprint density at radius 3 is 2.83 bits per heavy atom. The lowest BCUT2D eigenvalue weighted by Crippen LogP contribution is -2.36. The maximum Gasteiger partial charge on any atom is 0.224 e. The van der Waals surface area contributed by atoms with Crippen molar-refractivity contribution in [2.45, 2.75) is 13.0 Å². The van der Waals surface area contributed by atoms with Crippen LogP contribution < -0.4 is 10.1 Å². The Morgan fingerprint density at radius 2 is 2.03 bits per heavy atom. The minimum Gasteiger partial charge on any atom is -0.480 e. The van der Waals surface area contributed by atoms with Crippen molar-refractivity contribution in [3.63, 3.8) is 0 Å². The fourth-order valence-electron chi connectivity index (χ4n) is 3.81. The third-order valence-electron chi connectivity index (χ3n) is 5.27. The van der Waals surface area contributed by atoms with Crippen LogP contribution >= 0.6 is 0 Å². The third kappa shape index (κ3) is 3.06. The van der Waals surface area contributed by atoms with Gasteiger partial charge in [-0.2, -0.15) is 0 Å². The normalized spacial score (nSPS) is 16.1. The molecule has 0 amide bonds. The van der Waals surface area contributed by atoms with Crippen molar-refractivity contribution in [3.8, 4) is 17.3 Å². The van der Waals surface area contributed by atoms with E-state index in [9.17, 15) is 0 Å². The van der Waals surface area contributed by atoms with Gasteiger partial charge in [-0.15, -0.1) is 0 Å². The molecule has 1 atom stereocenters. The Labute approximate surface area is 173 Å². The molecule has 0 aliphatic carbocycles. The molecule has 1 aromatic carbocycles. The van der Waals surface area contributed by atoms with Crippen LogP contribution in [0.3, 0.4) is 0 Å². The number of ether oxygens (including phenoxy) is 1. The molecule has 8 heteroatoms. The summed E-state index contributed by atoms with van der Waals surface area (Å²) in [5.41, 5.74) is 4.67. The van der Waals surface area contributed by atoms with Crippen LogP contribution in [-0.4, -0.2) is 39.1 Å². The quantitative estimate of drug-likeness (QED) is 0.547. The van der Waals surface area contributed by atoms with E-state index in [2.05, 4.69) is 48.3 Å². The van der Waals surface area contributed by atoms with Crippen LogP contribution in [0, 0.1) is 6.92 Å². The number of hydrogen-bond donors (Lipinski definition) is 2. The zero-order valence-electron chi connectivity index (χ0n) is 17.0. The Bertz CT molecular complexity index is 1260. The topological polar surface area (TPSA) is 89.3 Å². The van der Waals surface area contributed by atoms with E-state index in [4.69, 9.17) is 9.57 Å². The van der Waals surface area contributed by atoms with E-state index in [0.29, 0.717) is 29.8 Å². The predicted molar refractivity (Wildman–Crippen MR) is 114 cm³/mol. The van der Waals surface area contributed by atoms with E-state index >= 15 is 0 Å². The minimum absolute atomic E-state index is 0.0382. The molecule has 4 heterocycles. The van der Waals surface area contributed by atoms with Crippen LogP contribution in [0.15, 0.2) is 53.9 Å². The van der Waals surface area contributed by atoms with Crippen LogP contribution in [0.2, 0.25) is 0 Å². The van der Waals surface area contributed by atoms with Gasteiger partial charge in [0.2, 0.25) is 5.88 Å². The number of rotatable bonds is 4. The minimum atomic E-state index is -0.0382. The number of imidazole rings is 1. The summed E-state index contributed by atoms with van der Waals surface area (Å²) in [7, 11) is 3.64. The lowest BCUT2D eigenvalue weighted by molar-refractivity contribution is 0.109. The summed E-state index contributed by atoms with van der Waals surface area (Å²) in [5.74, 6) is 1.75. The number of benzene rings is 1. The van der Waals surface area contributed by atoms with Crippen LogP contribution in [0.25, 0.3) is 22.3 Å². The molecule has 1 unspecified atom stereocenters. The first-order chi connectivity index (χ1) is 14.6. The molecule has 1 aliphatic rings. The first-order valence-electron chi connectivity index (χ1n) is 9.72. The van der Waals surface area contributed by atoms with Crippen molar-refractivity contribution in [3.05, 3.63) is 65.7 Å². The lowest BCUT2D eigenvalue weighted by Gasteiger charge is -2.24. The molecule has 30 heavy (non-hydrogen) atoms. The molecular weight excluding hydrogens is 380 g/mol. The molecule has 0 spiro atoms. The summed E-state index contributed by atoms with van der Waals surface area (Å²) in [6.07, 6.45) is 3.98. The zero-order valence-corrected chi connectivity index (χ0v) is 17.0. The number of pyridine rings is 1. The summed E-state index contributed by atoms with van der Waals surface area (Å²) >= 11 is 0. The van der Waals surface area contributed by atoms with E-state index in [-0.39, 0.29) is 6.04 Å². The number of nitrogens with zero attached hydrogens (tertiary/aromatic N) is 4. The average Bonchev–Trinajstić information content (AvgIpc) is 3.37. The molecule has 5 rings (SSSR count). The first-order valence-corrected chi connectivity index (χ1v) is 9.72. The van der Waals surface area contributed by atoms with Crippen LogP contribution in [0.5, 0.6) is 5.88 Å². The molecule has 0 fully saturated rings. The summed E-state index contributed by atoms with van der Waals surface area (Å²) in [6, 6.07) is 12.1. The molecule has 0 radical (unpaired) electrons. The highest BCUT2D eigenvalue weighted by molar-refractivity contribution is 5.98. The number of aryl methyl sites for hydroxylation is 2. The fraction of sp³-hybridized carbons (Fsp3) is 0.227. The van der Waals surface area contributed by atoms with E-state index in [0.717, 1.165) is 16.8 Å². The lowest BCUT2D eigenvalue weighted by atomic mass is 10.1. The number of nitrogens with one attached hydrogen (secondary N) is 2. The SMILES string of the molecule is COc1nc(C2=NOCC(c3cn(C)c4ccccc34)N2)ccc1-c1nc(C)c[nH]1. The van der Waals surface area contributed by atoms with Crippen LogP contribution in [-0.2, 0) is 11.9 Å². The smallest absolute Gasteiger partial charge is 0.224 e. The number of hydrogen-bond acceptors (Lipinski definition) is 6. The number of amidine groups is 1. The second-order valence-corrected chi connectivity index (χ2v) is 7.29. The molecule has 0 saturated carbocycles. The van der Waals surface area contributed by atoms with Gasteiger partial charge in [-0.3, -0.25) is 0 Å². The molecule has 8 nitrogen and oxygen atoms in total. The van der Waals surface area contributed by atoms with Gasteiger partial charge >= 0.3 is 0 Å². The van der Waals surface area contributed by atoms with Crippen molar-refractivity contribution in [1.82, 2.24) is 24.8 Å². The maximum absolute atomic E-state index is 5.57. The number of methoxy groups -OCH3 is 1. The number of oxime groups is 1. The maximum atomic E-state index is 5.57. The van der Waals surface area contributed by atoms with Crippen molar-refractivity contribution < 1.29 is 9.57 Å². The van der Waals surface area contributed by atoms with Gasteiger partial charge in [0.15, 0.2) is 5.84 Å². The van der Waals surface area contributed by atoms with Crippen molar-refractivity contribution in [1.29, 1.82) is 0 Å². The molecule has 2 N–H and O–H groups in total. The van der Waals surface area contributed by atoms with Crippen molar-refractivity contribution in [2.24, 2.45) is 12.2 Å². The third-order valence-corrected chi connectivity index (χ3v) is 5.27. The molecule has 0 saturated heterocycles. The van der Waals surface area contributed by atoms with Gasteiger partial charge in [-0.1, -0.05) is 23.4 Å². The highest BCUT2D eigenvalue weighted by Crippen LogP contribution is 2.29. The average molecular weight is 402 g/mol. The highest BCUT2D eigenvalue weighted by atomic mass is 16.6. The zero-order chi connectivity index (χ0) is 20.7. The Balaban J connectivity index is 1.47. The summed E-state index contributed by atoms with van der Waals surface area (Å²) < 4.78 is 7.64.